The number of carbonyl (C=O) groups is 1. The molecule has 1 aliphatic heterocycles. The fraction of sp³-hybridized carbons (Fsp3) is 0.533. The third-order valence-corrected chi connectivity index (χ3v) is 4.45. The molecule has 1 aliphatic rings. The van der Waals surface area contributed by atoms with E-state index in [2.05, 4.69) is 35.4 Å². The Hall–Kier alpha value is -0.840. The van der Waals surface area contributed by atoms with Gasteiger partial charge in [-0.1, -0.05) is 12.1 Å². The summed E-state index contributed by atoms with van der Waals surface area (Å²) in [4.78, 5) is 15.0. The van der Waals surface area contributed by atoms with Gasteiger partial charge in [0.05, 0.1) is 18.8 Å². The second-order valence-corrected chi connectivity index (χ2v) is 5.98. The summed E-state index contributed by atoms with van der Waals surface area (Å²) in [5.74, 6) is 0. The summed E-state index contributed by atoms with van der Waals surface area (Å²) < 4.78 is 5.36. The molecule has 0 aliphatic carbocycles. The number of hydrogen-bond donors (Lipinski definition) is 0. The molecule has 1 unspecified atom stereocenters. The van der Waals surface area contributed by atoms with Gasteiger partial charge in [0.1, 0.15) is 6.29 Å². The zero-order chi connectivity index (χ0) is 13.7. The summed E-state index contributed by atoms with van der Waals surface area (Å²) in [7, 11) is 0. The Kier molecular flexibility index (Phi) is 5.02. The third kappa shape index (κ3) is 3.59. The number of thioether (sulfide) groups is 1. The van der Waals surface area contributed by atoms with Gasteiger partial charge in [0, 0.05) is 18.0 Å². The molecule has 4 heteroatoms. The summed E-state index contributed by atoms with van der Waals surface area (Å²) in [5, 5.41) is 0. The van der Waals surface area contributed by atoms with E-state index in [0.717, 1.165) is 39.0 Å². The first-order chi connectivity index (χ1) is 9.18. The molecule has 1 fully saturated rings. The largest absolute Gasteiger partial charge is 0.379 e. The predicted molar refractivity (Wildman–Crippen MR) is 78.8 cm³/mol. The highest BCUT2D eigenvalue weighted by atomic mass is 32.2. The molecule has 1 aromatic carbocycles. The van der Waals surface area contributed by atoms with Crippen molar-refractivity contribution < 1.29 is 9.53 Å². The summed E-state index contributed by atoms with van der Waals surface area (Å²) in [5.41, 5.74) is 0.781. The lowest BCUT2D eigenvalue weighted by atomic mass is 9.92. The summed E-state index contributed by atoms with van der Waals surface area (Å²) >= 11 is 1.73. The van der Waals surface area contributed by atoms with Crippen molar-refractivity contribution >= 4 is 18.0 Å². The van der Waals surface area contributed by atoms with Crippen LogP contribution in [0.25, 0.3) is 0 Å². The van der Waals surface area contributed by atoms with Crippen LogP contribution in [-0.2, 0) is 16.0 Å². The molecule has 1 heterocycles. The van der Waals surface area contributed by atoms with E-state index in [4.69, 9.17) is 4.74 Å². The van der Waals surface area contributed by atoms with Crippen LogP contribution in [0.4, 0.5) is 0 Å². The van der Waals surface area contributed by atoms with Gasteiger partial charge >= 0.3 is 0 Å². The molecule has 0 radical (unpaired) electrons. The highest BCUT2D eigenvalue weighted by Gasteiger charge is 2.32. The Bertz CT molecular complexity index is 415. The van der Waals surface area contributed by atoms with E-state index in [-0.39, 0.29) is 0 Å². The van der Waals surface area contributed by atoms with Gasteiger partial charge in [0.25, 0.3) is 0 Å². The van der Waals surface area contributed by atoms with Crippen molar-refractivity contribution in [3.05, 3.63) is 29.8 Å². The fourth-order valence-corrected chi connectivity index (χ4v) is 2.87. The number of ether oxygens (including phenoxy) is 1. The zero-order valence-corrected chi connectivity index (χ0v) is 12.4. The Labute approximate surface area is 119 Å². The predicted octanol–water partition coefficient (Wildman–Crippen LogP) is 2.24. The Morgan fingerprint density at radius 1 is 1.32 bits per heavy atom. The number of hydrogen-bond acceptors (Lipinski definition) is 4. The van der Waals surface area contributed by atoms with Gasteiger partial charge < -0.3 is 9.53 Å². The van der Waals surface area contributed by atoms with Crippen molar-refractivity contribution in [3.8, 4) is 0 Å². The highest BCUT2D eigenvalue weighted by Crippen LogP contribution is 2.22. The molecule has 19 heavy (non-hydrogen) atoms. The van der Waals surface area contributed by atoms with Gasteiger partial charge in [-0.2, -0.15) is 0 Å². The van der Waals surface area contributed by atoms with E-state index in [1.807, 2.05) is 6.92 Å². The molecule has 0 aromatic heterocycles. The van der Waals surface area contributed by atoms with Crippen molar-refractivity contribution in [2.24, 2.45) is 0 Å². The van der Waals surface area contributed by atoms with Crippen molar-refractivity contribution in [3.63, 3.8) is 0 Å². The number of morpholine rings is 1. The Balaban J connectivity index is 2.09. The number of nitrogens with zero attached hydrogens (tertiary/aromatic N) is 1. The van der Waals surface area contributed by atoms with E-state index in [0.29, 0.717) is 0 Å². The Morgan fingerprint density at radius 2 is 1.95 bits per heavy atom. The molecule has 0 spiro atoms. The van der Waals surface area contributed by atoms with E-state index in [1.165, 1.54) is 10.5 Å². The summed E-state index contributed by atoms with van der Waals surface area (Å²) in [6, 6.07) is 8.47. The van der Waals surface area contributed by atoms with Crippen LogP contribution < -0.4 is 0 Å². The average molecular weight is 279 g/mol. The maximum atomic E-state index is 11.6. The molecule has 0 amide bonds. The molecule has 1 aromatic rings. The SMILES string of the molecule is CSc1ccc(CC(C)(C=O)N2CCOCC2)cc1. The van der Waals surface area contributed by atoms with Gasteiger partial charge in [-0.25, -0.2) is 0 Å². The molecule has 3 nitrogen and oxygen atoms in total. The topological polar surface area (TPSA) is 29.5 Å². The lowest BCUT2D eigenvalue weighted by Crippen LogP contribution is -2.54. The maximum Gasteiger partial charge on any atom is 0.140 e. The quantitative estimate of drug-likeness (QED) is 0.611. The van der Waals surface area contributed by atoms with Gasteiger partial charge in [-0.3, -0.25) is 4.90 Å². The van der Waals surface area contributed by atoms with Crippen molar-refractivity contribution in [2.45, 2.75) is 23.8 Å². The van der Waals surface area contributed by atoms with E-state index in [1.54, 1.807) is 11.8 Å². The first-order valence-corrected chi connectivity index (χ1v) is 7.82. The van der Waals surface area contributed by atoms with Crippen LogP contribution in [0.1, 0.15) is 12.5 Å². The monoisotopic (exact) mass is 279 g/mol. The molecule has 2 rings (SSSR count). The third-order valence-electron chi connectivity index (χ3n) is 3.71. The van der Waals surface area contributed by atoms with Crippen molar-refractivity contribution in [1.29, 1.82) is 0 Å². The van der Waals surface area contributed by atoms with Crippen LogP contribution in [0, 0.1) is 0 Å². The zero-order valence-electron chi connectivity index (χ0n) is 11.6. The minimum absolute atomic E-state index is 0.426. The first kappa shape index (κ1) is 14.6. The molecule has 0 bridgehead atoms. The van der Waals surface area contributed by atoms with Crippen LogP contribution in [0.2, 0.25) is 0 Å². The normalized spacial score (nSPS) is 19.9. The van der Waals surface area contributed by atoms with Crippen LogP contribution in [0.3, 0.4) is 0 Å². The van der Waals surface area contributed by atoms with Gasteiger partial charge in [-0.05, 0) is 37.3 Å². The van der Waals surface area contributed by atoms with E-state index >= 15 is 0 Å². The molecule has 1 atom stereocenters. The lowest BCUT2D eigenvalue weighted by Gasteiger charge is -2.39. The molecular weight excluding hydrogens is 258 g/mol. The molecule has 1 saturated heterocycles. The van der Waals surface area contributed by atoms with Gasteiger partial charge in [0.2, 0.25) is 0 Å². The minimum atomic E-state index is -0.426. The molecule has 0 saturated carbocycles. The molecular formula is C15H21NO2S. The highest BCUT2D eigenvalue weighted by molar-refractivity contribution is 7.98. The fourth-order valence-electron chi connectivity index (χ4n) is 2.46. The smallest absolute Gasteiger partial charge is 0.140 e. The van der Waals surface area contributed by atoms with Crippen molar-refractivity contribution in [2.75, 3.05) is 32.6 Å². The van der Waals surface area contributed by atoms with Crippen LogP contribution in [-0.4, -0.2) is 49.3 Å². The van der Waals surface area contributed by atoms with Gasteiger partial charge in [0.15, 0.2) is 0 Å². The van der Waals surface area contributed by atoms with Gasteiger partial charge in [-0.15, -0.1) is 11.8 Å². The summed E-state index contributed by atoms with van der Waals surface area (Å²) in [6.45, 7) is 5.12. The Morgan fingerprint density at radius 3 is 2.47 bits per heavy atom. The number of aldehydes is 1. The second kappa shape index (κ2) is 6.55. The lowest BCUT2D eigenvalue weighted by molar-refractivity contribution is -0.120. The van der Waals surface area contributed by atoms with Crippen LogP contribution in [0.5, 0.6) is 0 Å². The molecule has 0 N–H and O–H groups in total. The number of carbonyl (C=O) groups excluding carboxylic acids is 1. The van der Waals surface area contributed by atoms with Crippen LogP contribution >= 0.6 is 11.8 Å². The van der Waals surface area contributed by atoms with Crippen LogP contribution in [0.15, 0.2) is 29.2 Å². The number of rotatable bonds is 5. The standard InChI is InChI=1S/C15H21NO2S/c1-15(12-17,16-7-9-18-10-8-16)11-13-3-5-14(19-2)6-4-13/h3-6,12H,7-11H2,1-2H3. The summed E-state index contributed by atoms with van der Waals surface area (Å²) in [6.07, 6.45) is 3.91. The maximum absolute atomic E-state index is 11.6. The van der Waals surface area contributed by atoms with Crippen molar-refractivity contribution in [1.82, 2.24) is 4.90 Å². The van der Waals surface area contributed by atoms with E-state index in [9.17, 15) is 4.79 Å². The molecule has 104 valence electrons. The minimum Gasteiger partial charge on any atom is -0.379 e. The second-order valence-electron chi connectivity index (χ2n) is 5.10. The first-order valence-electron chi connectivity index (χ1n) is 6.60. The average Bonchev–Trinajstić information content (AvgIpc) is 2.49. The van der Waals surface area contributed by atoms with E-state index < -0.39 is 5.54 Å². The number of benzene rings is 1.